The van der Waals surface area contributed by atoms with Crippen LogP contribution in [0.15, 0.2) is 25.3 Å². The topological polar surface area (TPSA) is 121 Å². The summed E-state index contributed by atoms with van der Waals surface area (Å²) in [5.74, 6) is -2.46. The van der Waals surface area contributed by atoms with Gasteiger partial charge < -0.3 is 19.8 Å². The van der Waals surface area contributed by atoms with E-state index < -0.39 is 11.9 Å². The summed E-state index contributed by atoms with van der Waals surface area (Å²) in [6.07, 6.45) is 1.44. The number of carboxylic acids is 2. The number of carbonyl (C=O) groups is 2. The van der Waals surface area contributed by atoms with E-state index in [1.165, 1.54) is 0 Å². The van der Waals surface area contributed by atoms with E-state index in [9.17, 15) is 0 Å². The number of hydrogen-bond acceptors (Lipinski definition) is 6. The van der Waals surface area contributed by atoms with Crippen LogP contribution in [0.1, 0.15) is 0 Å². The van der Waals surface area contributed by atoms with Gasteiger partial charge in [0, 0.05) is 0 Å². The van der Waals surface area contributed by atoms with Crippen LogP contribution in [0.2, 0.25) is 0 Å². The Labute approximate surface area is 105 Å². The second kappa shape index (κ2) is 22.6. The summed E-state index contributed by atoms with van der Waals surface area (Å²) in [6, 6.07) is 0. The van der Waals surface area contributed by atoms with Crippen molar-refractivity contribution in [2.45, 2.75) is 0 Å². The second-order valence-electron chi connectivity index (χ2n) is 1.05. The van der Waals surface area contributed by atoms with Crippen LogP contribution in [-0.2, 0) is 9.59 Å². The molecule has 0 unspecified atom stereocenters. The van der Waals surface area contributed by atoms with E-state index in [-0.39, 0.29) is 37.7 Å². The molecule has 13 heavy (non-hydrogen) atoms. The van der Waals surface area contributed by atoms with E-state index >= 15 is 0 Å². The summed E-state index contributed by atoms with van der Waals surface area (Å²) in [6.45, 7) is 5.80. The molecule has 0 heterocycles. The van der Waals surface area contributed by atoms with Gasteiger partial charge in [-0.1, -0.05) is 13.2 Å². The van der Waals surface area contributed by atoms with Crippen LogP contribution in [-0.4, -0.2) is 60.2 Å². The predicted octanol–water partition coefficient (Wildman–Crippen LogP) is -2.52. The zero-order valence-electron chi connectivity index (χ0n) is 6.80. The van der Waals surface area contributed by atoms with E-state index in [0.717, 1.165) is 12.2 Å². The summed E-state index contributed by atoms with van der Waals surface area (Å²) in [5, 5.41) is 30.3. The van der Waals surface area contributed by atoms with Gasteiger partial charge in [-0.2, -0.15) is 0 Å². The summed E-state index contributed by atoms with van der Waals surface area (Å²) in [5.41, 5.74) is 0. The summed E-state index contributed by atoms with van der Waals surface area (Å²) in [7, 11) is 0. The fraction of sp³-hybridized carbons (Fsp3) is 0. The fourth-order valence-electron chi connectivity index (χ4n) is 0. The molecule has 0 bridgehead atoms. The number of carboxylic acid groups (broad SMARTS) is 2. The van der Waals surface area contributed by atoms with Gasteiger partial charge in [0.1, 0.15) is 0 Å². The molecule has 0 saturated carbocycles. The van der Waals surface area contributed by atoms with E-state index in [1.54, 1.807) is 0 Å². The molecule has 0 aliphatic carbocycles. The van der Waals surface area contributed by atoms with Crippen molar-refractivity contribution in [3.05, 3.63) is 25.3 Å². The van der Waals surface area contributed by atoms with Crippen LogP contribution in [0.3, 0.4) is 0 Å². The molecule has 0 aliphatic rings. The van der Waals surface area contributed by atoms with Gasteiger partial charge in [0.05, 0.1) is 11.9 Å². The molecule has 2 N–H and O–H groups in total. The third-order valence-electron chi connectivity index (χ3n) is 0.333. The Hall–Kier alpha value is -0.400. The van der Waals surface area contributed by atoms with Crippen LogP contribution >= 0.6 is 0 Å². The molecule has 0 aromatic rings. The van der Waals surface area contributed by atoms with Gasteiger partial charge in [0.15, 0.2) is 0 Å². The minimum atomic E-state index is -1.23. The van der Waals surface area contributed by atoms with Crippen molar-refractivity contribution in [1.29, 1.82) is 0 Å². The molecular formula is C6H8CaO6. The standard InChI is InChI=1S/2C3H4O2.Ca.H2O2/c2*1-2-3(4)5;;1-2/h2*2H,1H2,(H,4,5);;1-2H/q;;+2;/p-2. The first-order valence-electron chi connectivity index (χ1n) is 2.41. The number of aliphatic carboxylic acids is 2. The van der Waals surface area contributed by atoms with Gasteiger partial charge in [-0.25, -0.2) is 0 Å². The van der Waals surface area contributed by atoms with Crippen LogP contribution in [0.25, 0.3) is 0 Å². The maximum atomic E-state index is 9.14. The molecule has 70 valence electrons. The molecule has 0 saturated heterocycles. The number of rotatable bonds is 2. The molecule has 0 aliphatic heterocycles. The molecule has 6 nitrogen and oxygen atoms in total. The largest absolute Gasteiger partial charge is 2.00 e. The monoisotopic (exact) mass is 216 g/mol. The van der Waals surface area contributed by atoms with Crippen molar-refractivity contribution in [1.82, 2.24) is 0 Å². The summed E-state index contributed by atoms with van der Waals surface area (Å²) < 4.78 is 0. The quantitative estimate of drug-likeness (QED) is 0.227. The zero-order valence-corrected chi connectivity index (χ0v) is 9.01. The Morgan fingerprint density at radius 1 is 1.00 bits per heavy atom. The minimum Gasteiger partial charge on any atom is -0.545 e. The molecule has 0 fully saturated rings. The maximum Gasteiger partial charge on any atom is 2.00 e. The van der Waals surface area contributed by atoms with Crippen molar-refractivity contribution >= 4 is 49.7 Å². The van der Waals surface area contributed by atoms with Gasteiger partial charge >= 0.3 is 37.7 Å². The molecule has 7 heteroatoms. The summed E-state index contributed by atoms with van der Waals surface area (Å²) in [4.78, 5) is 18.3. The Morgan fingerprint density at radius 3 is 1.08 bits per heavy atom. The van der Waals surface area contributed by atoms with E-state index in [0.29, 0.717) is 0 Å². The number of carbonyl (C=O) groups excluding carboxylic acids is 2. The van der Waals surface area contributed by atoms with Crippen LogP contribution in [0.4, 0.5) is 0 Å². The van der Waals surface area contributed by atoms with Gasteiger partial charge in [-0.15, -0.1) is 0 Å². The molecule has 0 amide bonds. The molecule has 0 atom stereocenters. The van der Waals surface area contributed by atoms with Gasteiger partial charge in [-0.05, 0) is 12.2 Å². The average molecular weight is 216 g/mol. The van der Waals surface area contributed by atoms with Gasteiger partial charge in [0.2, 0.25) is 0 Å². The van der Waals surface area contributed by atoms with Crippen LogP contribution < -0.4 is 10.2 Å². The number of hydrogen-bond donors (Lipinski definition) is 2. The van der Waals surface area contributed by atoms with Crippen LogP contribution in [0.5, 0.6) is 0 Å². The maximum absolute atomic E-state index is 9.14. The average Bonchev–Trinajstić information content (AvgIpc) is 2.09. The molecule has 0 radical (unpaired) electrons. The second-order valence-corrected chi connectivity index (χ2v) is 1.05. The third kappa shape index (κ3) is 82.5. The van der Waals surface area contributed by atoms with Crippen molar-refractivity contribution in [2.75, 3.05) is 0 Å². The van der Waals surface area contributed by atoms with Crippen molar-refractivity contribution in [2.24, 2.45) is 0 Å². The molecule has 0 rings (SSSR count). The zero-order chi connectivity index (χ0) is 10.6. The third-order valence-corrected chi connectivity index (χ3v) is 0.333. The molecule has 0 spiro atoms. The Morgan fingerprint density at radius 2 is 1.08 bits per heavy atom. The smallest absolute Gasteiger partial charge is 0.545 e. The normalized spacial score (nSPS) is 5.38. The molecule has 0 aromatic carbocycles. The van der Waals surface area contributed by atoms with Crippen molar-refractivity contribution in [3.8, 4) is 0 Å². The minimum absolute atomic E-state index is 0. The predicted molar refractivity (Wildman–Crippen MR) is 41.4 cm³/mol. The fourth-order valence-corrected chi connectivity index (χ4v) is 0. The van der Waals surface area contributed by atoms with Gasteiger partial charge in [0.25, 0.3) is 0 Å². The SMILES string of the molecule is C=CC(=O)[O-].C=CC(=O)[O-].OO.[Ca+2]. The van der Waals surface area contributed by atoms with E-state index in [2.05, 4.69) is 13.2 Å². The Balaban J connectivity index is -0.0000000491. The first kappa shape index (κ1) is 22.9. The Kier molecular flexibility index (Phi) is 39.8. The van der Waals surface area contributed by atoms with E-state index in [4.69, 9.17) is 30.3 Å². The van der Waals surface area contributed by atoms with Crippen molar-refractivity contribution in [3.63, 3.8) is 0 Å². The van der Waals surface area contributed by atoms with Crippen LogP contribution in [0, 0.1) is 0 Å². The summed E-state index contributed by atoms with van der Waals surface area (Å²) >= 11 is 0. The van der Waals surface area contributed by atoms with Crippen molar-refractivity contribution < 1.29 is 30.3 Å². The Bertz CT molecular complexity index is 137. The molecule has 0 aromatic heterocycles. The first-order valence-corrected chi connectivity index (χ1v) is 2.41. The molecular weight excluding hydrogens is 208 g/mol. The first-order chi connectivity index (χ1) is 5.54. The van der Waals surface area contributed by atoms with E-state index in [1.807, 2.05) is 0 Å². The van der Waals surface area contributed by atoms with Gasteiger partial charge in [-0.3, -0.25) is 10.5 Å².